The van der Waals surface area contributed by atoms with Crippen molar-refractivity contribution in [2.24, 2.45) is 4.99 Å². The highest BCUT2D eigenvalue weighted by molar-refractivity contribution is 9.10. The molecule has 2 heterocycles. The minimum atomic E-state index is -0.689. The zero-order valence-electron chi connectivity index (χ0n) is 19.0. The number of thiazole rings is 1. The van der Waals surface area contributed by atoms with Crippen LogP contribution in [-0.2, 0) is 9.53 Å². The molecule has 9 heteroatoms. The molecule has 0 fully saturated rings. The van der Waals surface area contributed by atoms with E-state index in [1.165, 1.54) is 11.3 Å². The summed E-state index contributed by atoms with van der Waals surface area (Å²) in [4.78, 5) is 31.9. The van der Waals surface area contributed by atoms with E-state index in [4.69, 9.17) is 21.1 Å². The van der Waals surface area contributed by atoms with Crippen LogP contribution in [0.25, 0.3) is 6.08 Å². The van der Waals surface area contributed by atoms with Crippen molar-refractivity contribution in [2.45, 2.75) is 32.9 Å². The fourth-order valence-electron chi connectivity index (χ4n) is 3.78. The van der Waals surface area contributed by atoms with Crippen LogP contribution >= 0.6 is 38.9 Å². The molecule has 0 bridgehead atoms. The second kappa shape index (κ2) is 9.90. The first kappa shape index (κ1) is 24.4. The summed E-state index contributed by atoms with van der Waals surface area (Å²) in [6, 6.07) is 12.0. The third-order valence-electron chi connectivity index (χ3n) is 5.25. The van der Waals surface area contributed by atoms with E-state index < -0.39 is 12.0 Å². The molecule has 6 nitrogen and oxygen atoms in total. The van der Waals surface area contributed by atoms with Crippen LogP contribution in [0.15, 0.2) is 68.0 Å². The average molecular weight is 562 g/mol. The SMILES string of the molecule is COc1ccc(Br)cc1/C=c1\sc2n(c1=O)C(c1ccc(Cl)cc1)C(C(=O)OC(C)C)=C(C)N=2. The molecule has 0 radical (unpaired) electrons. The van der Waals surface area contributed by atoms with Gasteiger partial charge in [0.05, 0.1) is 35.1 Å². The molecular formula is C25H22BrClN2O4S. The van der Waals surface area contributed by atoms with E-state index in [-0.39, 0.29) is 11.7 Å². The average Bonchev–Trinajstić information content (AvgIpc) is 3.07. The Morgan fingerprint density at radius 1 is 1.24 bits per heavy atom. The largest absolute Gasteiger partial charge is 0.496 e. The van der Waals surface area contributed by atoms with Crippen molar-refractivity contribution in [1.82, 2.24) is 4.57 Å². The second-order valence-corrected chi connectivity index (χ2v) is 10.3. The zero-order chi connectivity index (χ0) is 24.6. The molecule has 176 valence electrons. The van der Waals surface area contributed by atoms with Gasteiger partial charge in [0.15, 0.2) is 4.80 Å². The highest BCUT2D eigenvalue weighted by atomic mass is 79.9. The Labute approximate surface area is 213 Å². The Kier molecular flexibility index (Phi) is 7.12. The lowest BCUT2D eigenvalue weighted by atomic mass is 9.96. The lowest BCUT2D eigenvalue weighted by molar-refractivity contribution is -0.143. The van der Waals surface area contributed by atoms with Crippen LogP contribution in [0.1, 0.15) is 37.9 Å². The number of allylic oxidation sites excluding steroid dienone is 1. The number of carbonyl (C=O) groups is 1. The first-order valence-corrected chi connectivity index (χ1v) is 12.5. The Hall–Kier alpha value is -2.68. The third-order valence-corrected chi connectivity index (χ3v) is 6.98. The summed E-state index contributed by atoms with van der Waals surface area (Å²) in [5.41, 5.74) is 2.07. The monoisotopic (exact) mass is 560 g/mol. The predicted octanol–water partition coefficient (Wildman–Crippen LogP) is 4.61. The van der Waals surface area contributed by atoms with Gasteiger partial charge in [0.25, 0.3) is 5.56 Å². The van der Waals surface area contributed by atoms with E-state index in [2.05, 4.69) is 20.9 Å². The predicted molar refractivity (Wildman–Crippen MR) is 137 cm³/mol. The van der Waals surface area contributed by atoms with Gasteiger partial charge in [-0.1, -0.05) is 51.0 Å². The number of hydrogen-bond donors (Lipinski definition) is 0. The summed E-state index contributed by atoms with van der Waals surface area (Å²) in [6.45, 7) is 5.33. The van der Waals surface area contributed by atoms with Gasteiger partial charge in [-0.3, -0.25) is 9.36 Å². The topological polar surface area (TPSA) is 69.9 Å². The molecule has 3 aromatic rings. The van der Waals surface area contributed by atoms with Gasteiger partial charge in [-0.15, -0.1) is 0 Å². The standard InChI is InChI=1S/C25H22BrClN2O4S/c1-13(2)33-24(31)21-14(3)28-25-29(22(21)15-5-8-18(27)9-6-15)23(30)20(34-25)12-16-11-17(26)7-10-19(16)32-4/h5-13,22H,1-4H3/b20-12-. The smallest absolute Gasteiger partial charge is 0.338 e. The summed E-state index contributed by atoms with van der Waals surface area (Å²) < 4.78 is 13.9. The molecule has 0 saturated carbocycles. The fraction of sp³-hybridized carbons (Fsp3) is 0.240. The number of aromatic nitrogens is 1. The third kappa shape index (κ3) is 4.76. The highest BCUT2D eigenvalue weighted by Crippen LogP contribution is 2.31. The molecule has 0 N–H and O–H groups in total. The summed E-state index contributed by atoms with van der Waals surface area (Å²) in [7, 11) is 1.58. The number of rotatable bonds is 5. The summed E-state index contributed by atoms with van der Waals surface area (Å²) in [5, 5.41) is 0.560. The number of esters is 1. The maximum Gasteiger partial charge on any atom is 0.338 e. The normalized spacial score (nSPS) is 15.9. The van der Waals surface area contributed by atoms with Gasteiger partial charge in [0.1, 0.15) is 5.75 Å². The van der Waals surface area contributed by atoms with Gasteiger partial charge < -0.3 is 9.47 Å². The fourth-order valence-corrected chi connectivity index (χ4v) is 5.32. The maximum absolute atomic E-state index is 13.7. The van der Waals surface area contributed by atoms with Crippen LogP contribution in [0, 0.1) is 0 Å². The van der Waals surface area contributed by atoms with Crippen molar-refractivity contribution in [3.05, 3.63) is 94.0 Å². The van der Waals surface area contributed by atoms with Gasteiger partial charge in [-0.25, -0.2) is 9.79 Å². The maximum atomic E-state index is 13.7. The van der Waals surface area contributed by atoms with Crippen LogP contribution in [0.2, 0.25) is 5.02 Å². The van der Waals surface area contributed by atoms with E-state index in [1.54, 1.807) is 50.7 Å². The van der Waals surface area contributed by atoms with Crippen molar-refractivity contribution in [1.29, 1.82) is 0 Å². The van der Waals surface area contributed by atoms with E-state index in [0.29, 0.717) is 31.4 Å². The van der Waals surface area contributed by atoms with Gasteiger partial charge in [0.2, 0.25) is 0 Å². The van der Waals surface area contributed by atoms with Gasteiger partial charge >= 0.3 is 5.97 Å². The van der Waals surface area contributed by atoms with Crippen molar-refractivity contribution in [3.8, 4) is 5.75 Å². The van der Waals surface area contributed by atoms with Crippen molar-refractivity contribution < 1.29 is 14.3 Å². The number of halogens is 2. The molecule has 0 amide bonds. The molecule has 0 saturated heterocycles. The van der Waals surface area contributed by atoms with E-state index >= 15 is 0 Å². The van der Waals surface area contributed by atoms with E-state index in [9.17, 15) is 9.59 Å². The number of nitrogens with zero attached hydrogens (tertiary/aromatic N) is 2. The molecular weight excluding hydrogens is 540 g/mol. The molecule has 1 aromatic heterocycles. The zero-order valence-corrected chi connectivity index (χ0v) is 22.1. The molecule has 34 heavy (non-hydrogen) atoms. The Morgan fingerprint density at radius 2 is 1.94 bits per heavy atom. The van der Waals surface area contributed by atoms with Crippen molar-refractivity contribution >= 4 is 50.9 Å². The van der Waals surface area contributed by atoms with Gasteiger partial charge in [-0.2, -0.15) is 0 Å². The minimum absolute atomic E-state index is 0.256. The highest BCUT2D eigenvalue weighted by Gasteiger charge is 2.33. The first-order valence-electron chi connectivity index (χ1n) is 10.5. The van der Waals surface area contributed by atoms with Crippen LogP contribution in [-0.4, -0.2) is 23.8 Å². The number of hydrogen-bond acceptors (Lipinski definition) is 6. The summed E-state index contributed by atoms with van der Waals surface area (Å²) in [6.07, 6.45) is 1.46. The number of carbonyl (C=O) groups excluding carboxylic acids is 1. The Bertz CT molecular complexity index is 1470. The number of fused-ring (bicyclic) bond motifs is 1. The Morgan fingerprint density at radius 3 is 2.59 bits per heavy atom. The Balaban J connectivity index is 1.96. The lowest BCUT2D eigenvalue weighted by Gasteiger charge is -2.25. The molecule has 1 aliphatic heterocycles. The summed E-state index contributed by atoms with van der Waals surface area (Å²) >= 11 is 10.8. The molecule has 0 spiro atoms. The van der Waals surface area contributed by atoms with Crippen LogP contribution < -0.4 is 19.6 Å². The van der Waals surface area contributed by atoms with E-state index in [1.807, 2.05) is 30.3 Å². The van der Waals surface area contributed by atoms with Crippen LogP contribution in [0.5, 0.6) is 5.75 Å². The van der Waals surface area contributed by atoms with Crippen molar-refractivity contribution in [2.75, 3.05) is 7.11 Å². The molecule has 2 aromatic carbocycles. The number of ether oxygens (including phenoxy) is 2. The van der Waals surface area contributed by atoms with Gasteiger partial charge in [-0.05, 0) is 62.7 Å². The molecule has 1 aliphatic rings. The second-order valence-electron chi connectivity index (χ2n) is 7.97. The van der Waals surface area contributed by atoms with Crippen LogP contribution in [0.3, 0.4) is 0 Å². The number of benzene rings is 2. The van der Waals surface area contributed by atoms with E-state index in [0.717, 1.165) is 15.6 Å². The lowest BCUT2D eigenvalue weighted by Crippen LogP contribution is -2.40. The van der Waals surface area contributed by atoms with Gasteiger partial charge in [0, 0.05) is 15.1 Å². The minimum Gasteiger partial charge on any atom is -0.496 e. The van der Waals surface area contributed by atoms with Crippen LogP contribution in [0.4, 0.5) is 0 Å². The molecule has 0 aliphatic carbocycles. The molecule has 4 rings (SSSR count). The van der Waals surface area contributed by atoms with Crippen molar-refractivity contribution in [3.63, 3.8) is 0 Å². The number of methoxy groups -OCH3 is 1. The molecule has 1 atom stereocenters. The molecule has 1 unspecified atom stereocenters. The first-order chi connectivity index (χ1) is 16.2. The summed E-state index contributed by atoms with van der Waals surface area (Å²) in [5.74, 6) is 0.139. The quantitative estimate of drug-likeness (QED) is 0.427.